The second-order valence-corrected chi connectivity index (χ2v) is 9.87. The number of nitrogens with one attached hydrogen (secondary N) is 1. The highest BCUT2D eigenvalue weighted by molar-refractivity contribution is 5.99. The third kappa shape index (κ3) is 5.02. The third-order valence-corrected chi connectivity index (χ3v) is 7.16. The highest BCUT2D eigenvalue weighted by atomic mass is 19.4. The van der Waals surface area contributed by atoms with Crippen molar-refractivity contribution in [2.45, 2.75) is 38.6 Å². The summed E-state index contributed by atoms with van der Waals surface area (Å²) < 4.78 is 49.7. The smallest absolute Gasteiger partial charge is 0.364 e. The van der Waals surface area contributed by atoms with Crippen LogP contribution in [0.5, 0.6) is 0 Å². The molecule has 3 N–H and O–H groups in total. The van der Waals surface area contributed by atoms with E-state index in [-0.39, 0.29) is 11.8 Å². The molecule has 10 nitrogen and oxygen atoms in total. The third-order valence-electron chi connectivity index (χ3n) is 7.16. The number of anilines is 2. The predicted molar refractivity (Wildman–Crippen MR) is 149 cm³/mol. The molecule has 1 amide bonds. The van der Waals surface area contributed by atoms with Gasteiger partial charge in [0.2, 0.25) is 0 Å². The summed E-state index contributed by atoms with van der Waals surface area (Å²) in [7, 11) is 0. The summed E-state index contributed by atoms with van der Waals surface area (Å²) in [6.45, 7) is 2.47. The van der Waals surface area contributed by atoms with Crippen molar-refractivity contribution in [1.29, 1.82) is 0 Å². The number of amides is 1. The molecule has 1 aliphatic rings. The van der Waals surface area contributed by atoms with Crippen molar-refractivity contribution in [2.24, 2.45) is 5.73 Å². The van der Waals surface area contributed by atoms with E-state index in [1.807, 2.05) is 10.6 Å². The van der Waals surface area contributed by atoms with Gasteiger partial charge < -0.3 is 15.8 Å². The minimum atomic E-state index is -4.74. The first kappa shape index (κ1) is 27.3. The molecule has 0 bridgehead atoms. The molecule has 0 aliphatic carbocycles. The fourth-order valence-electron chi connectivity index (χ4n) is 5.12. The number of carbonyl (C=O) groups is 1. The van der Waals surface area contributed by atoms with Gasteiger partial charge in [0.05, 0.1) is 11.9 Å². The SMILES string of the molecule is Cc1ccc(-c2c(C(F)(F)F)ccnc2C(N)=O)cc1Nc1ncccc1-c1ncnc2c1ncn2C1CCCCO1. The van der Waals surface area contributed by atoms with Crippen LogP contribution in [-0.2, 0) is 10.9 Å². The molecule has 0 spiro atoms. The Morgan fingerprint density at radius 2 is 1.93 bits per heavy atom. The van der Waals surface area contributed by atoms with Crippen LogP contribution >= 0.6 is 0 Å². The predicted octanol–water partition coefficient (Wildman–Crippen LogP) is 5.82. The summed E-state index contributed by atoms with van der Waals surface area (Å²) >= 11 is 0. The van der Waals surface area contributed by atoms with Crippen molar-refractivity contribution in [2.75, 3.05) is 11.9 Å². The minimum Gasteiger partial charge on any atom is -0.364 e. The summed E-state index contributed by atoms with van der Waals surface area (Å²) in [4.78, 5) is 34.0. The van der Waals surface area contributed by atoms with E-state index >= 15 is 0 Å². The molecule has 5 heterocycles. The monoisotopic (exact) mass is 574 g/mol. The van der Waals surface area contributed by atoms with Gasteiger partial charge in [0.15, 0.2) is 5.65 Å². The second kappa shape index (κ2) is 10.8. The van der Waals surface area contributed by atoms with Gasteiger partial charge in [0.1, 0.15) is 35.3 Å². The van der Waals surface area contributed by atoms with Crippen molar-refractivity contribution in [3.63, 3.8) is 0 Å². The van der Waals surface area contributed by atoms with E-state index in [0.717, 1.165) is 37.1 Å². The molecule has 4 aromatic heterocycles. The van der Waals surface area contributed by atoms with Crippen LogP contribution in [0.2, 0.25) is 0 Å². The van der Waals surface area contributed by atoms with Crippen molar-refractivity contribution in [3.05, 3.63) is 78.3 Å². The Bertz CT molecular complexity index is 1800. The Morgan fingerprint density at radius 1 is 1.07 bits per heavy atom. The van der Waals surface area contributed by atoms with Crippen LogP contribution in [0, 0.1) is 6.92 Å². The van der Waals surface area contributed by atoms with E-state index in [4.69, 9.17) is 10.5 Å². The number of rotatable bonds is 6. The number of imidazole rings is 1. The number of fused-ring (bicyclic) bond motifs is 1. The molecule has 0 saturated carbocycles. The van der Waals surface area contributed by atoms with Crippen LogP contribution in [0.4, 0.5) is 24.7 Å². The summed E-state index contributed by atoms with van der Waals surface area (Å²) in [6.07, 6.45) is 3.66. The standard InChI is InChI=1S/C29H25F3N8O2/c1-16-7-8-17(22-19(29(30,31)32)9-11-34-24(22)26(33)41)13-20(16)39-27-18(5-4-10-35-27)23-25-28(37-14-36-23)40(15-38-25)21-6-2-3-12-42-21/h4-5,7-11,13-15,21H,2-3,6,12H2,1H3,(H2,33,41)(H,35,39). The van der Waals surface area contributed by atoms with Crippen molar-refractivity contribution in [1.82, 2.24) is 29.5 Å². The van der Waals surface area contributed by atoms with Gasteiger partial charge in [-0.1, -0.05) is 12.1 Å². The lowest BCUT2D eigenvalue weighted by Gasteiger charge is -2.23. The highest BCUT2D eigenvalue weighted by Crippen LogP contribution is 2.40. The topological polar surface area (TPSA) is 134 Å². The fraction of sp³-hybridized carbons (Fsp3) is 0.241. The van der Waals surface area contributed by atoms with Crippen molar-refractivity contribution >= 4 is 28.6 Å². The van der Waals surface area contributed by atoms with E-state index in [2.05, 4.69) is 30.2 Å². The number of hydrogen-bond donors (Lipinski definition) is 2. The quantitative estimate of drug-likeness (QED) is 0.259. The average Bonchev–Trinajstić information content (AvgIpc) is 3.43. The molecule has 1 fully saturated rings. The van der Waals surface area contributed by atoms with Crippen LogP contribution in [0.15, 0.2) is 61.4 Å². The van der Waals surface area contributed by atoms with E-state index in [1.54, 1.807) is 31.6 Å². The van der Waals surface area contributed by atoms with Gasteiger partial charge in [-0.3, -0.25) is 14.3 Å². The molecule has 5 aromatic rings. The van der Waals surface area contributed by atoms with Crippen LogP contribution in [0.3, 0.4) is 0 Å². The molecule has 1 aromatic carbocycles. The van der Waals surface area contributed by atoms with E-state index in [1.165, 1.54) is 18.5 Å². The molecule has 13 heteroatoms. The maximum atomic E-state index is 14.0. The zero-order valence-corrected chi connectivity index (χ0v) is 22.4. The Labute approximate surface area is 237 Å². The summed E-state index contributed by atoms with van der Waals surface area (Å²) in [5.41, 5.74) is 7.16. The number of aromatic nitrogens is 6. The van der Waals surface area contributed by atoms with E-state index in [0.29, 0.717) is 40.5 Å². The fourth-order valence-corrected chi connectivity index (χ4v) is 5.12. The number of nitrogens with two attached hydrogens (primary N) is 1. The number of aryl methyl sites for hydroxylation is 1. The average molecular weight is 575 g/mol. The normalized spacial score (nSPS) is 15.6. The lowest BCUT2D eigenvalue weighted by molar-refractivity contribution is -0.137. The number of pyridine rings is 2. The Morgan fingerprint density at radius 3 is 2.69 bits per heavy atom. The van der Waals surface area contributed by atoms with Gasteiger partial charge in [-0.25, -0.2) is 19.9 Å². The highest BCUT2D eigenvalue weighted by Gasteiger charge is 2.36. The van der Waals surface area contributed by atoms with Gasteiger partial charge in [-0.05, 0) is 61.6 Å². The van der Waals surface area contributed by atoms with Gasteiger partial charge in [0.25, 0.3) is 5.91 Å². The summed E-state index contributed by atoms with van der Waals surface area (Å²) in [5.74, 6) is -0.664. The molecule has 1 aliphatic heterocycles. The van der Waals surface area contributed by atoms with Crippen LogP contribution in [0.25, 0.3) is 33.5 Å². The number of nitrogens with zero attached hydrogens (tertiary/aromatic N) is 6. The number of carbonyl (C=O) groups excluding carboxylic acids is 1. The van der Waals surface area contributed by atoms with Gasteiger partial charge in [-0.2, -0.15) is 13.2 Å². The molecule has 42 heavy (non-hydrogen) atoms. The maximum Gasteiger partial charge on any atom is 0.417 e. The first-order valence-electron chi connectivity index (χ1n) is 13.2. The van der Waals surface area contributed by atoms with Gasteiger partial charge >= 0.3 is 6.18 Å². The number of halogens is 3. The summed E-state index contributed by atoms with van der Waals surface area (Å²) in [5, 5.41) is 3.24. The first-order valence-corrected chi connectivity index (χ1v) is 13.2. The molecular formula is C29H25F3N8O2. The largest absolute Gasteiger partial charge is 0.417 e. The van der Waals surface area contributed by atoms with E-state index < -0.39 is 28.9 Å². The lowest BCUT2D eigenvalue weighted by atomic mass is 9.95. The number of ether oxygens (including phenoxy) is 1. The molecule has 214 valence electrons. The number of alkyl halides is 3. The molecular weight excluding hydrogens is 549 g/mol. The number of primary amides is 1. The Hall–Kier alpha value is -4.91. The molecule has 1 unspecified atom stereocenters. The van der Waals surface area contributed by atoms with Crippen LogP contribution in [-0.4, -0.2) is 42.0 Å². The first-order chi connectivity index (χ1) is 20.2. The van der Waals surface area contributed by atoms with Crippen LogP contribution < -0.4 is 11.1 Å². The second-order valence-electron chi connectivity index (χ2n) is 9.87. The molecule has 1 atom stereocenters. The molecule has 0 radical (unpaired) electrons. The minimum absolute atomic E-state index is 0.116. The Kier molecular flexibility index (Phi) is 7.02. The van der Waals surface area contributed by atoms with Gasteiger partial charge in [-0.15, -0.1) is 0 Å². The molecule has 6 rings (SSSR count). The molecule has 1 saturated heterocycles. The van der Waals surface area contributed by atoms with E-state index in [9.17, 15) is 18.0 Å². The van der Waals surface area contributed by atoms with Crippen LogP contribution in [0.1, 0.15) is 47.1 Å². The summed E-state index contributed by atoms with van der Waals surface area (Å²) in [6, 6.07) is 9.05. The van der Waals surface area contributed by atoms with Crippen molar-refractivity contribution in [3.8, 4) is 22.4 Å². The lowest BCUT2D eigenvalue weighted by Crippen LogP contribution is -2.18. The number of benzene rings is 1. The zero-order chi connectivity index (χ0) is 29.4. The van der Waals surface area contributed by atoms with Crippen molar-refractivity contribution < 1.29 is 22.7 Å². The number of hydrogen-bond acceptors (Lipinski definition) is 8. The van der Waals surface area contributed by atoms with Gasteiger partial charge in [0, 0.05) is 35.8 Å². The zero-order valence-electron chi connectivity index (χ0n) is 22.4. The Balaban J connectivity index is 1.42. The maximum absolute atomic E-state index is 14.0.